The summed E-state index contributed by atoms with van der Waals surface area (Å²) in [6.07, 6.45) is 6.37. The van der Waals surface area contributed by atoms with E-state index in [4.69, 9.17) is 0 Å². The minimum atomic E-state index is -0.425. The molecule has 25 heavy (non-hydrogen) atoms. The number of esters is 1. The van der Waals surface area contributed by atoms with E-state index >= 15 is 0 Å². The third kappa shape index (κ3) is 5.56. The Balaban J connectivity index is 1.91. The van der Waals surface area contributed by atoms with Crippen molar-refractivity contribution in [3.8, 4) is 0 Å². The summed E-state index contributed by atoms with van der Waals surface area (Å²) in [6, 6.07) is 6.41. The zero-order valence-electron chi connectivity index (χ0n) is 14.4. The third-order valence-electron chi connectivity index (χ3n) is 3.53. The van der Waals surface area contributed by atoms with Crippen molar-refractivity contribution in [2.45, 2.75) is 26.2 Å². The topological polar surface area (TPSA) is 93.2 Å². The normalized spacial score (nSPS) is 10.2. The summed E-state index contributed by atoms with van der Waals surface area (Å²) in [5.74, 6) is -0.142. The molecule has 0 aliphatic carbocycles. The largest absolute Gasteiger partial charge is 0.465 e. The van der Waals surface area contributed by atoms with Crippen molar-refractivity contribution in [3.05, 3.63) is 47.9 Å². The highest BCUT2D eigenvalue weighted by Gasteiger charge is 2.10. The van der Waals surface area contributed by atoms with Crippen LogP contribution < -0.4 is 10.6 Å². The summed E-state index contributed by atoms with van der Waals surface area (Å²) in [5.41, 5.74) is 1.19. The maximum Gasteiger partial charge on any atom is 0.337 e. The van der Waals surface area contributed by atoms with Gasteiger partial charge in [0.25, 0.3) is 5.91 Å². The molecule has 0 radical (unpaired) electrons. The molecule has 0 spiro atoms. The van der Waals surface area contributed by atoms with E-state index in [0.717, 1.165) is 25.8 Å². The maximum absolute atomic E-state index is 12.2. The lowest BCUT2D eigenvalue weighted by molar-refractivity contribution is 0.0600. The first-order valence-electron chi connectivity index (χ1n) is 8.19. The number of hydrogen-bond donors (Lipinski definition) is 2. The molecule has 7 heteroatoms. The second kappa shape index (κ2) is 9.36. The van der Waals surface area contributed by atoms with Gasteiger partial charge in [-0.25, -0.2) is 14.8 Å². The zero-order valence-corrected chi connectivity index (χ0v) is 14.4. The number of anilines is 2. The van der Waals surface area contributed by atoms with E-state index in [2.05, 4.69) is 32.3 Å². The number of methoxy groups -OCH3 is 1. The van der Waals surface area contributed by atoms with Gasteiger partial charge in [-0.2, -0.15) is 0 Å². The van der Waals surface area contributed by atoms with Gasteiger partial charge in [0.1, 0.15) is 11.5 Å². The molecule has 0 fully saturated rings. The average molecular weight is 342 g/mol. The highest BCUT2D eigenvalue weighted by molar-refractivity contribution is 6.03. The molecule has 0 aliphatic heterocycles. The quantitative estimate of drug-likeness (QED) is 0.565. The van der Waals surface area contributed by atoms with Crippen LogP contribution in [0.4, 0.5) is 11.5 Å². The smallest absolute Gasteiger partial charge is 0.337 e. The van der Waals surface area contributed by atoms with Crippen molar-refractivity contribution < 1.29 is 14.3 Å². The molecule has 0 unspecified atom stereocenters. The molecule has 0 aliphatic rings. The first kappa shape index (κ1) is 18.4. The molecule has 0 atom stereocenters. The van der Waals surface area contributed by atoms with Gasteiger partial charge in [0.05, 0.1) is 25.1 Å². The van der Waals surface area contributed by atoms with Gasteiger partial charge in [-0.05, 0) is 30.7 Å². The van der Waals surface area contributed by atoms with Crippen molar-refractivity contribution in [2.24, 2.45) is 0 Å². The van der Waals surface area contributed by atoms with Crippen LogP contribution in [-0.4, -0.2) is 35.5 Å². The molecule has 1 aromatic heterocycles. The van der Waals surface area contributed by atoms with Crippen molar-refractivity contribution >= 4 is 23.4 Å². The number of ether oxygens (including phenoxy) is 1. The molecule has 2 aromatic rings. The van der Waals surface area contributed by atoms with Crippen molar-refractivity contribution in [1.29, 1.82) is 0 Å². The molecular weight excluding hydrogens is 320 g/mol. The Labute approximate surface area is 146 Å². The maximum atomic E-state index is 12.2. The van der Waals surface area contributed by atoms with Crippen molar-refractivity contribution in [1.82, 2.24) is 9.97 Å². The minimum Gasteiger partial charge on any atom is -0.465 e. The SMILES string of the molecule is CCCCCNc1cnc(C(=O)Nc2ccc(C(=O)OC)cc2)cn1. The third-order valence-corrected chi connectivity index (χ3v) is 3.53. The van der Waals surface area contributed by atoms with Crippen LogP contribution in [0.25, 0.3) is 0 Å². The molecule has 2 N–H and O–H groups in total. The number of nitrogens with zero attached hydrogens (tertiary/aromatic N) is 2. The Morgan fingerprint density at radius 2 is 1.84 bits per heavy atom. The Morgan fingerprint density at radius 1 is 1.08 bits per heavy atom. The summed E-state index contributed by atoms with van der Waals surface area (Å²) in [7, 11) is 1.32. The van der Waals surface area contributed by atoms with Crippen LogP contribution in [0.1, 0.15) is 47.0 Å². The van der Waals surface area contributed by atoms with Gasteiger partial charge < -0.3 is 15.4 Å². The first-order valence-corrected chi connectivity index (χ1v) is 8.19. The molecule has 0 saturated carbocycles. The van der Waals surface area contributed by atoms with Gasteiger partial charge in [-0.1, -0.05) is 19.8 Å². The highest BCUT2D eigenvalue weighted by atomic mass is 16.5. The number of carbonyl (C=O) groups excluding carboxylic acids is 2. The molecule has 0 saturated heterocycles. The van der Waals surface area contributed by atoms with E-state index in [1.165, 1.54) is 13.3 Å². The number of aromatic nitrogens is 2. The number of carbonyl (C=O) groups is 2. The number of unbranched alkanes of at least 4 members (excludes halogenated alkanes) is 2. The fourth-order valence-corrected chi connectivity index (χ4v) is 2.13. The summed E-state index contributed by atoms with van der Waals surface area (Å²) in [5, 5.41) is 5.88. The fraction of sp³-hybridized carbons (Fsp3) is 0.333. The van der Waals surface area contributed by atoms with Gasteiger partial charge >= 0.3 is 5.97 Å². The van der Waals surface area contributed by atoms with E-state index < -0.39 is 5.97 Å². The molecule has 7 nitrogen and oxygen atoms in total. The van der Waals surface area contributed by atoms with E-state index in [0.29, 0.717) is 17.1 Å². The minimum absolute atomic E-state index is 0.219. The lowest BCUT2D eigenvalue weighted by atomic mass is 10.2. The van der Waals surface area contributed by atoms with E-state index in [1.54, 1.807) is 30.5 Å². The Kier molecular flexibility index (Phi) is 6.88. The molecule has 1 amide bonds. The monoisotopic (exact) mass is 342 g/mol. The van der Waals surface area contributed by atoms with Crippen LogP contribution in [0.5, 0.6) is 0 Å². The predicted molar refractivity (Wildman–Crippen MR) is 95.8 cm³/mol. The van der Waals surface area contributed by atoms with Crippen LogP contribution in [0, 0.1) is 0 Å². The standard InChI is InChI=1S/C18H22N4O3/c1-3-4-5-10-19-16-12-20-15(11-21-16)17(23)22-14-8-6-13(7-9-14)18(24)25-2/h6-9,11-12H,3-5,10H2,1-2H3,(H,19,21)(H,22,23). The Hall–Kier alpha value is -2.96. The lowest BCUT2D eigenvalue weighted by Gasteiger charge is -2.07. The molecule has 0 bridgehead atoms. The van der Waals surface area contributed by atoms with Crippen molar-refractivity contribution in [3.63, 3.8) is 0 Å². The number of benzene rings is 1. The van der Waals surface area contributed by atoms with Gasteiger partial charge in [0.15, 0.2) is 0 Å². The number of hydrogen-bond acceptors (Lipinski definition) is 6. The van der Waals surface area contributed by atoms with E-state index in [-0.39, 0.29) is 11.6 Å². The predicted octanol–water partition coefficient (Wildman–Crippen LogP) is 3.12. The van der Waals surface area contributed by atoms with Gasteiger partial charge in [0, 0.05) is 12.2 Å². The molecule has 2 rings (SSSR count). The molecular formula is C18H22N4O3. The van der Waals surface area contributed by atoms with Gasteiger partial charge in [0.2, 0.25) is 0 Å². The second-order valence-electron chi connectivity index (χ2n) is 5.44. The Bertz CT molecular complexity index is 699. The van der Waals surface area contributed by atoms with Crippen LogP contribution >= 0.6 is 0 Å². The lowest BCUT2D eigenvalue weighted by Crippen LogP contribution is -2.15. The van der Waals surface area contributed by atoms with Crippen LogP contribution in [0.15, 0.2) is 36.7 Å². The second-order valence-corrected chi connectivity index (χ2v) is 5.44. The van der Waals surface area contributed by atoms with Crippen molar-refractivity contribution in [2.75, 3.05) is 24.3 Å². The molecule has 1 heterocycles. The summed E-state index contributed by atoms with van der Waals surface area (Å²) in [4.78, 5) is 31.9. The highest BCUT2D eigenvalue weighted by Crippen LogP contribution is 2.12. The first-order chi connectivity index (χ1) is 12.1. The summed E-state index contributed by atoms with van der Waals surface area (Å²) >= 11 is 0. The summed E-state index contributed by atoms with van der Waals surface area (Å²) < 4.78 is 4.63. The van der Waals surface area contributed by atoms with Gasteiger partial charge in [-0.15, -0.1) is 0 Å². The number of rotatable bonds is 8. The van der Waals surface area contributed by atoms with Gasteiger partial charge in [-0.3, -0.25) is 4.79 Å². The van der Waals surface area contributed by atoms with Crippen LogP contribution in [0.2, 0.25) is 0 Å². The number of amides is 1. The number of nitrogens with one attached hydrogen (secondary N) is 2. The van der Waals surface area contributed by atoms with Crippen LogP contribution in [-0.2, 0) is 4.74 Å². The Morgan fingerprint density at radius 3 is 2.44 bits per heavy atom. The average Bonchev–Trinajstić information content (AvgIpc) is 2.65. The zero-order chi connectivity index (χ0) is 18.1. The van der Waals surface area contributed by atoms with E-state index in [9.17, 15) is 9.59 Å². The van der Waals surface area contributed by atoms with E-state index in [1.807, 2.05) is 0 Å². The van der Waals surface area contributed by atoms with Crippen LogP contribution in [0.3, 0.4) is 0 Å². The molecule has 132 valence electrons. The molecule has 1 aromatic carbocycles. The fourth-order valence-electron chi connectivity index (χ4n) is 2.13. The summed E-state index contributed by atoms with van der Waals surface area (Å²) in [6.45, 7) is 2.98.